The Labute approximate surface area is 113 Å². The van der Waals surface area contributed by atoms with E-state index in [0.717, 1.165) is 12.8 Å². The second-order valence-electron chi connectivity index (χ2n) is 3.98. The highest BCUT2D eigenvalue weighted by Crippen LogP contribution is 2.27. The SMILES string of the molecule is CCC[C@H](N)c1nc(-c2cc(F)ccc2Br)no1. The number of halogens is 2. The molecule has 0 aliphatic rings. The highest BCUT2D eigenvalue weighted by Gasteiger charge is 2.16. The third-order valence-corrected chi connectivity index (χ3v) is 3.22. The highest BCUT2D eigenvalue weighted by molar-refractivity contribution is 9.10. The molecule has 0 radical (unpaired) electrons. The summed E-state index contributed by atoms with van der Waals surface area (Å²) in [5.74, 6) is 0.364. The Bertz CT molecular complexity index is 544. The van der Waals surface area contributed by atoms with E-state index in [-0.39, 0.29) is 11.9 Å². The molecule has 18 heavy (non-hydrogen) atoms. The third kappa shape index (κ3) is 2.76. The molecule has 2 rings (SSSR count). The fraction of sp³-hybridized carbons (Fsp3) is 0.333. The van der Waals surface area contributed by atoms with Crippen molar-refractivity contribution in [2.45, 2.75) is 25.8 Å². The van der Waals surface area contributed by atoms with Crippen LogP contribution in [-0.4, -0.2) is 10.1 Å². The van der Waals surface area contributed by atoms with Crippen molar-refractivity contribution in [3.63, 3.8) is 0 Å². The number of nitrogens with two attached hydrogens (primary N) is 1. The number of hydrogen-bond donors (Lipinski definition) is 1. The van der Waals surface area contributed by atoms with E-state index >= 15 is 0 Å². The maximum Gasteiger partial charge on any atom is 0.243 e. The van der Waals surface area contributed by atoms with Gasteiger partial charge in [-0.2, -0.15) is 4.98 Å². The monoisotopic (exact) mass is 313 g/mol. The normalized spacial score (nSPS) is 12.7. The van der Waals surface area contributed by atoms with E-state index < -0.39 is 0 Å². The second kappa shape index (κ2) is 5.58. The third-order valence-electron chi connectivity index (χ3n) is 2.53. The zero-order valence-corrected chi connectivity index (χ0v) is 11.4. The molecule has 6 heteroatoms. The van der Waals surface area contributed by atoms with Gasteiger partial charge in [-0.15, -0.1) is 0 Å². The molecule has 96 valence electrons. The molecular weight excluding hydrogens is 301 g/mol. The topological polar surface area (TPSA) is 64.9 Å². The van der Waals surface area contributed by atoms with Gasteiger partial charge in [0, 0.05) is 10.0 Å². The summed E-state index contributed by atoms with van der Waals surface area (Å²) in [5.41, 5.74) is 6.43. The molecule has 0 amide bonds. The van der Waals surface area contributed by atoms with Crippen molar-refractivity contribution in [2.24, 2.45) is 5.73 Å². The lowest BCUT2D eigenvalue weighted by Gasteiger charge is -2.02. The summed E-state index contributed by atoms with van der Waals surface area (Å²) >= 11 is 3.32. The van der Waals surface area contributed by atoms with Gasteiger partial charge in [-0.05, 0) is 24.6 Å². The van der Waals surface area contributed by atoms with Gasteiger partial charge < -0.3 is 10.3 Å². The summed E-state index contributed by atoms with van der Waals surface area (Å²) in [7, 11) is 0. The van der Waals surface area contributed by atoms with Gasteiger partial charge in [0.25, 0.3) is 0 Å². The van der Waals surface area contributed by atoms with Gasteiger partial charge in [0.1, 0.15) is 5.82 Å². The first-order valence-corrected chi connectivity index (χ1v) is 6.45. The predicted octanol–water partition coefficient (Wildman–Crippen LogP) is 3.44. The molecule has 1 atom stereocenters. The minimum Gasteiger partial charge on any atom is -0.337 e. The molecule has 0 fully saturated rings. The van der Waals surface area contributed by atoms with Gasteiger partial charge in [0.2, 0.25) is 11.7 Å². The molecule has 4 nitrogen and oxygen atoms in total. The Morgan fingerprint density at radius 2 is 2.28 bits per heavy atom. The Balaban J connectivity index is 2.32. The zero-order chi connectivity index (χ0) is 13.1. The van der Waals surface area contributed by atoms with Crippen molar-refractivity contribution in [3.8, 4) is 11.4 Å². The minimum absolute atomic E-state index is 0.274. The number of rotatable bonds is 4. The van der Waals surface area contributed by atoms with Gasteiger partial charge in [0.05, 0.1) is 6.04 Å². The first kappa shape index (κ1) is 13.2. The lowest BCUT2D eigenvalue weighted by molar-refractivity contribution is 0.348. The fourth-order valence-corrected chi connectivity index (χ4v) is 2.02. The summed E-state index contributed by atoms with van der Waals surface area (Å²) in [6.45, 7) is 2.03. The Morgan fingerprint density at radius 1 is 1.50 bits per heavy atom. The van der Waals surface area contributed by atoms with Gasteiger partial charge in [-0.25, -0.2) is 4.39 Å². The smallest absolute Gasteiger partial charge is 0.243 e. The molecule has 2 N–H and O–H groups in total. The van der Waals surface area contributed by atoms with Crippen molar-refractivity contribution in [2.75, 3.05) is 0 Å². The van der Waals surface area contributed by atoms with Crippen molar-refractivity contribution in [1.82, 2.24) is 10.1 Å². The van der Waals surface area contributed by atoms with Crippen molar-refractivity contribution < 1.29 is 8.91 Å². The van der Waals surface area contributed by atoms with Crippen LogP contribution in [0.3, 0.4) is 0 Å². The Kier molecular flexibility index (Phi) is 4.08. The number of hydrogen-bond acceptors (Lipinski definition) is 4. The maximum atomic E-state index is 13.2. The van der Waals surface area contributed by atoms with Crippen LogP contribution in [0.1, 0.15) is 31.7 Å². The van der Waals surface area contributed by atoms with Crippen molar-refractivity contribution in [3.05, 3.63) is 34.4 Å². The maximum absolute atomic E-state index is 13.2. The van der Waals surface area contributed by atoms with Crippen LogP contribution in [0.15, 0.2) is 27.2 Å². The number of benzene rings is 1. The lowest BCUT2D eigenvalue weighted by Crippen LogP contribution is -2.09. The van der Waals surface area contributed by atoms with E-state index in [0.29, 0.717) is 21.8 Å². The molecule has 0 aliphatic heterocycles. The van der Waals surface area contributed by atoms with Gasteiger partial charge in [-0.3, -0.25) is 0 Å². The zero-order valence-electron chi connectivity index (χ0n) is 9.86. The molecule has 1 aromatic carbocycles. The van der Waals surface area contributed by atoms with E-state index in [1.54, 1.807) is 6.07 Å². The minimum atomic E-state index is -0.350. The van der Waals surface area contributed by atoms with Gasteiger partial charge in [0.15, 0.2) is 0 Å². The van der Waals surface area contributed by atoms with Crippen LogP contribution >= 0.6 is 15.9 Å². The average molecular weight is 314 g/mol. The summed E-state index contributed by atoms with van der Waals surface area (Å²) < 4.78 is 19.0. The van der Waals surface area contributed by atoms with Gasteiger partial charge >= 0.3 is 0 Å². The van der Waals surface area contributed by atoms with Crippen molar-refractivity contribution >= 4 is 15.9 Å². The van der Waals surface area contributed by atoms with E-state index in [2.05, 4.69) is 26.1 Å². The summed E-state index contributed by atoms with van der Waals surface area (Å²) in [6.07, 6.45) is 1.70. The van der Waals surface area contributed by atoms with Crippen LogP contribution in [0, 0.1) is 5.82 Å². The van der Waals surface area contributed by atoms with E-state index in [4.69, 9.17) is 10.3 Å². The van der Waals surface area contributed by atoms with E-state index in [1.807, 2.05) is 6.92 Å². The summed E-state index contributed by atoms with van der Waals surface area (Å²) in [5, 5.41) is 3.83. The fourth-order valence-electron chi connectivity index (χ4n) is 1.60. The van der Waals surface area contributed by atoms with Crippen LogP contribution < -0.4 is 5.73 Å². The molecular formula is C12H13BrFN3O. The number of nitrogens with zero attached hydrogens (tertiary/aromatic N) is 2. The van der Waals surface area contributed by atoms with Crippen LogP contribution in [0.5, 0.6) is 0 Å². The second-order valence-corrected chi connectivity index (χ2v) is 4.83. The molecule has 1 aromatic heterocycles. The first-order chi connectivity index (χ1) is 8.61. The molecule has 0 unspecified atom stereocenters. The molecule has 0 saturated heterocycles. The Hall–Kier alpha value is -1.27. The van der Waals surface area contributed by atoms with Crippen LogP contribution in [0.4, 0.5) is 4.39 Å². The largest absolute Gasteiger partial charge is 0.337 e. The molecule has 0 spiro atoms. The summed E-state index contributed by atoms with van der Waals surface area (Å²) in [4.78, 5) is 4.20. The molecule has 0 bridgehead atoms. The van der Waals surface area contributed by atoms with Crippen LogP contribution in [-0.2, 0) is 0 Å². The molecule has 2 aromatic rings. The van der Waals surface area contributed by atoms with Crippen LogP contribution in [0.25, 0.3) is 11.4 Å². The van der Waals surface area contributed by atoms with E-state index in [1.165, 1.54) is 12.1 Å². The quantitative estimate of drug-likeness (QED) is 0.939. The van der Waals surface area contributed by atoms with Crippen LogP contribution in [0.2, 0.25) is 0 Å². The average Bonchev–Trinajstić information content (AvgIpc) is 2.82. The highest BCUT2D eigenvalue weighted by atomic mass is 79.9. The molecule has 0 saturated carbocycles. The van der Waals surface area contributed by atoms with Crippen molar-refractivity contribution in [1.29, 1.82) is 0 Å². The first-order valence-electron chi connectivity index (χ1n) is 5.66. The molecule has 1 heterocycles. The number of aromatic nitrogens is 2. The predicted molar refractivity (Wildman–Crippen MR) is 69.2 cm³/mol. The standard InChI is InChI=1S/C12H13BrFN3O/c1-2-3-10(15)12-16-11(17-18-12)8-6-7(14)4-5-9(8)13/h4-6,10H,2-3,15H2,1H3/t10-/m0/s1. The van der Waals surface area contributed by atoms with Gasteiger partial charge in [-0.1, -0.05) is 34.4 Å². The summed E-state index contributed by atoms with van der Waals surface area (Å²) in [6, 6.07) is 4.04. The Morgan fingerprint density at radius 3 is 3.00 bits per heavy atom. The van der Waals surface area contributed by atoms with E-state index in [9.17, 15) is 4.39 Å². The lowest BCUT2D eigenvalue weighted by atomic mass is 10.2. The molecule has 0 aliphatic carbocycles.